The molecular formula is C12H17N3. The van der Waals surface area contributed by atoms with E-state index in [1.54, 1.807) is 0 Å². The van der Waals surface area contributed by atoms with Crippen LogP contribution in [0.3, 0.4) is 0 Å². The fraction of sp³-hybridized carbons (Fsp3) is 0.583. The predicted octanol–water partition coefficient (Wildman–Crippen LogP) is 1.36. The van der Waals surface area contributed by atoms with Gasteiger partial charge in [0.1, 0.15) is 5.82 Å². The largest absolute Gasteiger partial charge is 0.349 e. The number of anilines is 1. The lowest BCUT2D eigenvalue weighted by Gasteiger charge is -2.63. The van der Waals surface area contributed by atoms with Gasteiger partial charge >= 0.3 is 0 Å². The minimum Gasteiger partial charge on any atom is -0.349 e. The third-order valence-corrected chi connectivity index (χ3v) is 3.66. The van der Waals surface area contributed by atoms with Crippen molar-refractivity contribution in [1.82, 2.24) is 9.88 Å². The fourth-order valence-electron chi connectivity index (χ4n) is 2.67. The van der Waals surface area contributed by atoms with Crippen molar-refractivity contribution in [2.45, 2.75) is 32.0 Å². The Kier molecular flexibility index (Phi) is 1.96. The van der Waals surface area contributed by atoms with E-state index in [9.17, 15) is 0 Å². The maximum Gasteiger partial charge on any atom is 0.128 e. The molecule has 2 saturated heterocycles. The Bertz CT molecular complexity index is 349. The van der Waals surface area contributed by atoms with Gasteiger partial charge in [-0.1, -0.05) is 6.07 Å². The molecule has 2 aliphatic heterocycles. The van der Waals surface area contributed by atoms with E-state index < -0.39 is 0 Å². The first-order chi connectivity index (χ1) is 7.27. The first-order valence-electron chi connectivity index (χ1n) is 5.71. The predicted molar refractivity (Wildman–Crippen MR) is 61.0 cm³/mol. The van der Waals surface area contributed by atoms with Crippen molar-refractivity contribution in [2.24, 2.45) is 0 Å². The van der Waals surface area contributed by atoms with Gasteiger partial charge in [-0.3, -0.25) is 4.90 Å². The maximum atomic E-state index is 4.40. The van der Waals surface area contributed by atoms with Gasteiger partial charge in [0.15, 0.2) is 0 Å². The summed E-state index contributed by atoms with van der Waals surface area (Å²) in [5, 5.41) is 0. The van der Waals surface area contributed by atoms with Crippen molar-refractivity contribution < 1.29 is 0 Å². The van der Waals surface area contributed by atoms with Gasteiger partial charge in [0.2, 0.25) is 0 Å². The Hall–Kier alpha value is -1.09. The Balaban J connectivity index is 1.67. The maximum absolute atomic E-state index is 4.40. The average Bonchev–Trinajstić information content (AvgIpc) is 2.22. The van der Waals surface area contributed by atoms with Crippen LogP contribution in [0.2, 0.25) is 0 Å². The Morgan fingerprint density at radius 3 is 2.67 bits per heavy atom. The average molecular weight is 203 g/mol. The second-order valence-corrected chi connectivity index (χ2v) is 4.77. The summed E-state index contributed by atoms with van der Waals surface area (Å²) in [6.07, 6.45) is 1.88. The fourth-order valence-corrected chi connectivity index (χ4v) is 2.67. The second kappa shape index (κ2) is 3.20. The van der Waals surface area contributed by atoms with Gasteiger partial charge in [0.05, 0.1) is 6.04 Å². The zero-order chi connectivity index (χ0) is 10.4. The van der Waals surface area contributed by atoms with Crippen LogP contribution in [-0.4, -0.2) is 41.1 Å². The monoisotopic (exact) mass is 203 g/mol. The number of piperazine rings is 1. The molecule has 2 fully saturated rings. The summed E-state index contributed by atoms with van der Waals surface area (Å²) in [6.45, 7) is 6.91. The molecule has 0 amide bonds. The summed E-state index contributed by atoms with van der Waals surface area (Å²) in [4.78, 5) is 9.39. The molecule has 15 heavy (non-hydrogen) atoms. The standard InChI is InChI=1S/C12H17N3/c1-9(2)14-7-11-10(14)8-15(11)12-5-3-4-6-13-12/h3-6,9-11H,7-8H2,1-2H3. The highest BCUT2D eigenvalue weighted by Gasteiger charge is 2.52. The van der Waals surface area contributed by atoms with Crippen molar-refractivity contribution in [3.8, 4) is 0 Å². The first-order valence-corrected chi connectivity index (χ1v) is 5.71. The highest BCUT2D eigenvalue weighted by molar-refractivity contribution is 5.47. The summed E-state index contributed by atoms with van der Waals surface area (Å²) >= 11 is 0. The molecule has 0 aromatic carbocycles. The summed E-state index contributed by atoms with van der Waals surface area (Å²) in [7, 11) is 0. The molecule has 0 spiro atoms. The van der Waals surface area contributed by atoms with E-state index in [2.05, 4.69) is 40.8 Å². The molecular weight excluding hydrogens is 186 g/mol. The molecule has 0 saturated carbocycles. The van der Waals surface area contributed by atoms with E-state index >= 15 is 0 Å². The van der Waals surface area contributed by atoms with E-state index in [1.165, 1.54) is 6.54 Å². The van der Waals surface area contributed by atoms with Crippen molar-refractivity contribution in [1.29, 1.82) is 0 Å². The molecule has 1 aromatic rings. The van der Waals surface area contributed by atoms with E-state index in [-0.39, 0.29) is 0 Å². The van der Waals surface area contributed by atoms with Crippen LogP contribution in [0.15, 0.2) is 24.4 Å². The van der Waals surface area contributed by atoms with Crippen molar-refractivity contribution in [3.05, 3.63) is 24.4 Å². The van der Waals surface area contributed by atoms with Crippen LogP contribution in [-0.2, 0) is 0 Å². The number of hydrogen-bond acceptors (Lipinski definition) is 3. The number of likely N-dealkylation sites (tertiary alicyclic amines) is 1. The number of pyridine rings is 1. The van der Waals surface area contributed by atoms with Gasteiger partial charge in [0, 0.05) is 31.4 Å². The van der Waals surface area contributed by atoms with Crippen molar-refractivity contribution >= 4 is 5.82 Å². The first kappa shape index (κ1) is 9.16. The molecule has 3 nitrogen and oxygen atoms in total. The number of hydrogen-bond donors (Lipinski definition) is 0. The molecule has 2 atom stereocenters. The molecule has 0 radical (unpaired) electrons. The van der Waals surface area contributed by atoms with Gasteiger partial charge < -0.3 is 4.90 Å². The van der Waals surface area contributed by atoms with E-state index in [4.69, 9.17) is 0 Å². The highest BCUT2D eigenvalue weighted by atomic mass is 15.4. The lowest BCUT2D eigenvalue weighted by Crippen LogP contribution is -2.80. The van der Waals surface area contributed by atoms with E-state index in [1.807, 2.05) is 12.3 Å². The van der Waals surface area contributed by atoms with Crippen LogP contribution < -0.4 is 4.90 Å². The lowest BCUT2D eigenvalue weighted by molar-refractivity contribution is -0.0144. The summed E-state index contributed by atoms with van der Waals surface area (Å²) in [5.41, 5.74) is 0. The van der Waals surface area contributed by atoms with Crippen LogP contribution in [0.25, 0.3) is 0 Å². The Morgan fingerprint density at radius 1 is 1.27 bits per heavy atom. The SMILES string of the molecule is CC(C)N1CC2C1CN2c1ccccn1. The third-order valence-electron chi connectivity index (χ3n) is 3.66. The molecule has 0 N–H and O–H groups in total. The molecule has 0 aliphatic carbocycles. The van der Waals surface area contributed by atoms with Crippen LogP contribution in [0, 0.1) is 0 Å². The Labute approximate surface area is 90.7 Å². The van der Waals surface area contributed by atoms with Crippen LogP contribution >= 0.6 is 0 Å². The van der Waals surface area contributed by atoms with Gasteiger partial charge in [-0.2, -0.15) is 0 Å². The Morgan fingerprint density at radius 2 is 2.13 bits per heavy atom. The van der Waals surface area contributed by atoms with E-state index in [0.717, 1.165) is 24.4 Å². The summed E-state index contributed by atoms with van der Waals surface area (Å²) < 4.78 is 0. The molecule has 0 bridgehead atoms. The molecule has 1 aromatic heterocycles. The highest BCUT2D eigenvalue weighted by Crippen LogP contribution is 2.37. The third kappa shape index (κ3) is 1.26. The normalized spacial score (nSPS) is 29.7. The second-order valence-electron chi connectivity index (χ2n) is 4.77. The molecule has 3 rings (SSSR count). The zero-order valence-corrected chi connectivity index (χ0v) is 9.30. The van der Waals surface area contributed by atoms with Gasteiger partial charge in [-0.25, -0.2) is 4.98 Å². The van der Waals surface area contributed by atoms with Crippen molar-refractivity contribution in [3.63, 3.8) is 0 Å². The molecule has 2 unspecified atom stereocenters. The minimum absolute atomic E-state index is 0.692. The van der Waals surface area contributed by atoms with E-state index in [0.29, 0.717) is 6.04 Å². The lowest BCUT2D eigenvalue weighted by atomic mass is 9.84. The minimum atomic E-state index is 0.692. The van der Waals surface area contributed by atoms with Gasteiger partial charge in [0.25, 0.3) is 0 Å². The van der Waals surface area contributed by atoms with Crippen LogP contribution in [0.1, 0.15) is 13.8 Å². The number of rotatable bonds is 2. The molecule has 2 aliphatic rings. The molecule has 80 valence electrons. The number of fused-ring (bicyclic) bond motifs is 1. The van der Waals surface area contributed by atoms with Crippen LogP contribution in [0.4, 0.5) is 5.82 Å². The molecule has 3 heterocycles. The quantitative estimate of drug-likeness (QED) is 0.723. The number of aromatic nitrogens is 1. The topological polar surface area (TPSA) is 19.4 Å². The van der Waals surface area contributed by atoms with Crippen molar-refractivity contribution in [2.75, 3.05) is 18.0 Å². The van der Waals surface area contributed by atoms with Gasteiger partial charge in [-0.05, 0) is 26.0 Å². The smallest absolute Gasteiger partial charge is 0.128 e. The summed E-state index contributed by atoms with van der Waals surface area (Å²) in [6, 6.07) is 8.34. The van der Waals surface area contributed by atoms with Gasteiger partial charge in [-0.15, -0.1) is 0 Å². The summed E-state index contributed by atoms with van der Waals surface area (Å²) in [5.74, 6) is 1.14. The zero-order valence-electron chi connectivity index (χ0n) is 9.30. The number of nitrogens with zero attached hydrogens (tertiary/aromatic N) is 3. The van der Waals surface area contributed by atoms with Crippen LogP contribution in [0.5, 0.6) is 0 Å². The molecule has 3 heteroatoms.